The van der Waals surface area contributed by atoms with Gasteiger partial charge < -0.3 is 15.1 Å². The van der Waals surface area contributed by atoms with Crippen molar-refractivity contribution >= 4 is 17.5 Å². The first-order valence-electron chi connectivity index (χ1n) is 11.1. The van der Waals surface area contributed by atoms with E-state index in [0.29, 0.717) is 19.5 Å². The molecule has 5 rings (SSSR count). The number of amides is 2. The Labute approximate surface area is 174 Å². The van der Waals surface area contributed by atoms with Crippen molar-refractivity contribution in [3.63, 3.8) is 0 Å². The number of benzene rings is 1. The molecule has 4 bridgehead atoms. The van der Waals surface area contributed by atoms with Gasteiger partial charge in [0.25, 0.3) is 0 Å². The van der Waals surface area contributed by atoms with Gasteiger partial charge >= 0.3 is 0 Å². The van der Waals surface area contributed by atoms with Gasteiger partial charge in [-0.25, -0.2) is 0 Å². The lowest BCUT2D eigenvalue weighted by molar-refractivity contribution is -0.146. The van der Waals surface area contributed by atoms with E-state index in [9.17, 15) is 9.59 Å². The van der Waals surface area contributed by atoms with Gasteiger partial charge in [-0.1, -0.05) is 12.1 Å². The van der Waals surface area contributed by atoms with Gasteiger partial charge in [-0.05, 0) is 74.0 Å². The molecule has 2 amide bonds. The number of anilines is 1. The van der Waals surface area contributed by atoms with E-state index in [-0.39, 0.29) is 17.2 Å². The molecule has 29 heavy (non-hydrogen) atoms. The van der Waals surface area contributed by atoms with Crippen LogP contribution in [-0.4, -0.2) is 44.4 Å². The van der Waals surface area contributed by atoms with E-state index >= 15 is 0 Å². The Hall–Kier alpha value is -2.04. The molecule has 0 unspecified atom stereocenters. The molecule has 5 nitrogen and oxygen atoms in total. The molecule has 0 spiro atoms. The average molecular weight is 398 g/mol. The molecule has 1 aromatic carbocycles. The SMILES string of the molecule is CN(Cc1ccc(N(C)C)cc1)C(=O)CCNC(=O)C12CC3CC(CC(C3)C1)C2. The van der Waals surface area contributed by atoms with Gasteiger partial charge in [0, 0.05) is 51.8 Å². The number of carbonyl (C=O) groups excluding carboxylic acids is 2. The third kappa shape index (κ3) is 4.29. The predicted molar refractivity (Wildman–Crippen MR) is 115 cm³/mol. The van der Waals surface area contributed by atoms with E-state index in [4.69, 9.17) is 0 Å². The fraction of sp³-hybridized carbons (Fsp3) is 0.667. The third-order valence-electron chi connectivity index (χ3n) is 7.44. The van der Waals surface area contributed by atoms with Crippen LogP contribution in [0.5, 0.6) is 0 Å². The predicted octanol–water partition coefficient (Wildman–Crippen LogP) is 3.43. The van der Waals surface area contributed by atoms with Crippen LogP contribution in [0.15, 0.2) is 24.3 Å². The lowest BCUT2D eigenvalue weighted by atomic mass is 9.49. The number of rotatable bonds is 7. The molecule has 4 aliphatic rings. The second-order valence-electron chi connectivity index (χ2n) is 10.0. The van der Waals surface area contributed by atoms with Gasteiger partial charge in [0.2, 0.25) is 11.8 Å². The number of carbonyl (C=O) groups is 2. The first kappa shape index (κ1) is 20.2. The Kier molecular flexibility index (Phi) is 5.58. The van der Waals surface area contributed by atoms with Crippen molar-refractivity contribution in [2.24, 2.45) is 23.2 Å². The summed E-state index contributed by atoms with van der Waals surface area (Å²) in [5.74, 6) is 2.58. The summed E-state index contributed by atoms with van der Waals surface area (Å²) in [6.45, 7) is 1.04. The summed E-state index contributed by atoms with van der Waals surface area (Å²) in [7, 11) is 5.87. The highest BCUT2D eigenvalue weighted by molar-refractivity contribution is 5.84. The number of hydrogen-bond acceptors (Lipinski definition) is 3. The molecule has 4 aliphatic carbocycles. The fourth-order valence-electron chi connectivity index (χ4n) is 6.31. The van der Waals surface area contributed by atoms with Crippen molar-refractivity contribution in [1.29, 1.82) is 0 Å². The quantitative estimate of drug-likeness (QED) is 0.767. The molecular formula is C24H35N3O2. The van der Waals surface area contributed by atoms with Crippen molar-refractivity contribution in [2.75, 3.05) is 32.6 Å². The maximum absolute atomic E-state index is 13.0. The molecule has 0 aliphatic heterocycles. The zero-order valence-electron chi connectivity index (χ0n) is 18.1. The van der Waals surface area contributed by atoms with Gasteiger partial charge in [-0.15, -0.1) is 0 Å². The van der Waals surface area contributed by atoms with E-state index in [1.165, 1.54) is 19.3 Å². The Bertz CT molecular complexity index is 721. The first-order chi connectivity index (χ1) is 13.8. The highest BCUT2D eigenvalue weighted by atomic mass is 16.2. The van der Waals surface area contributed by atoms with Crippen LogP contribution < -0.4 is 10.2 Å². The zero-order chi connectivity index (χ0) is 20.6. The van der Waals surface area contributed by atoms with Crippen molar-refractivity contribution in [1.82, 2.24) is 10.2 Å². The zero-order valence-corrected chi connectivity index (χ0v) is 18.1. The van der Waals surface area contributed by atoms with Gasteiger partial charge in [-0.3, -0.25) is 9.59 Å². The minimum Gasteiger partial charge on any atom is -0.378 e. The standard InChI is InChI=1S/C24H35N3O2/c1-26(2)21-6-4-17(5-7-21)16-27(3)22(28)8-9-25-23(29)24-13-18-10-19(14-24)12-20(11-18)15-24/h4-7,18-20H,8-16H2,1-3H3,(H,25,29). The molecule has 0 aromatic heterocycles. The fourth-order valence-corrected chi connectivity index (χ4v) is 6.31. The summed E-state index contributed by atoms with van der Waals surface area (Å²) in [6.07, 6.45) is 7.59. The van der Waals surface area contributed by atoms with E-state index in [2.05, 4.69) is 34.5 Å². The second-order valence-corrected chi connectivity index (χ2v) is 10.0. The molecule has 0 saturated heterocycles. The molecule has 4 fully saturated rings. The molecule has 4 saturated carbocycles. The Balaban J connectivity index is 1.24. The first-order valence-corrected chi connectivity index (χ1v) is 11.1. The molecular weight excluding hydrogens is 362 g/mol. The number of nitrogens with zero attached hydrogens (tertiary/aromatic N) is 2. The van der Waals surface area contributed by atoms with Crippen LogP contribution in [0.3, 0.4) is 0 Å². The molecule has 5 heteroatoms. The number of nitrogens with one attached hydrogen (secondary N) is 1. The summed E-state index contributed by atoms with van der Waals surface area (Å²) in [4.78, 5) is 29.3. The van der Waals surface area contributed by atoms with Crippen LogP contribution in [0.2, 0.25) is 0 Å². The minimum absolute atomic E-state index is 0.0764. The summed E-state index contributed by atoms with van der Waals surface area (Å²) < 4.78 is 0. The summed E-state index contributed by atoms with van der Waals surface area (Å²) in [6, 6.07) is 8.26. The molecule has 1 aromatic rings. The Morgan fingerprint density at radius 2 is 1.52 bits per heavy atom. The van der Waals surface area contributed by atoms with Crippen molar-refractivity contribution in [2.45, 2.75) is 51.5 Å². The maximum atomic E-state index is 13.0. The average Bonchev–Trinajstić information content (AvgIpc) is 2.67. The molecule has 1 N–H and O–H groups in total. The van der Waals surface area contributed by atoms with Crippen LogP contribution in [0.1, 0.15) is 50.5 Å². The van der Waals surface area contributed by atoms with Gasteiger partial charge in [0.15, 0.2) is 0 Å². The maximum Gasteiger partial charge on any atom is 0.226 e. The third-order valence-corrected chi connectivity index (χ3v) is 7.44. The Morgan fingerprint density at radius 3 is 2.03 bits per heavy atom. The van der Waals surface area contributed by atoms with Crippen LogP contribution in [0.4, 0.5) is 5.69 Å². The summed E-state index contributed by atoms with van der Waals surface area (Å²) in [5, 5.41) is 3.12. The van der Waals surface area contributed by atoms with E-state index in [0.717, 1.165) is 48.3 Å². The minimum atomic E-state index is -0.127. The molecule has 0 atom stereocenters. The van der Waals surface area contributed by atoms with Gasteiger partial charge in [0.1, 0.15) is 0 Å². The van der Waals surface area contributed by atoms with Crippen LogP contribution in [0.25, 0.3) is 0 Å². The molecule has 0 heterocycles. The largest absolute Gasteiger partial charge is 0.378 e. The normalized spacial score (nSPS) is 29.6. The van der Waals surface area contributed by atoms with Gasteiger partial charge in [-0.2, -0.15) is 0 Å². The number of hydrogen-bond donors (Lipinski definition) is 1. The van der Waals surface area contributed by atoms with Crippen LogP contribution in [0, 0.1) is 23.2 Å². The van der Waals surface area contributed by atoms with Crippen LogP contribution in [-0.2, 0) is 16.1 Å². The van der Waals surface area contributed by atoms with Crippen molar-refractivity contribution in [3.05, 3.63) is 29.8 Å². The van der Waals surface area contributed by atoms with Crippen LogP contribution >= 0.6 is 0 Å². The topological polar surface area (TPSA) is 52.6 Å². The monoisotopic (exact) mass is 397 g/mol. The molecule has 0 radical (unpaired) electrons. The summed E-state index contributed by atoms with van der Waals surface area (Å²) >= 11 is 0. The van der Waals surface area contributed by atoms with Gasteiger partial charge in [0.05, 0.1) is 0 Å². The smallest absolute Gasteiger partial charge is 0.226 e. The van der Waals surface area contributed by atoms with E-state index in [1.807, 2.05) is 21.1 Å². The van der Waals surface area contributed by atoms with E-state index < -0.39 is 0 Å². The Morgan fingerprint density at radius 1 is 0.966 bits per heavy atom. The van der Waals surface area contributed by atoms with E-state index in [1.54, 1.807) is 4.90 Å². The summed E-state index contributed by atoms with van der Waals surface area (Å²) in [5.41, 5.74) is 2.14. The van der Waals surface area contributed by atoms with Crippen molar-refractivity contribution in [3.8, 4) is 0 Å². The second kappa shape index (κ2) is 8.00. The lowest BCUT2D eigenvalue weighted by Gasteiger charge is -2.55. The molecule has 158 valence electrons. The highest BCUT2D eigenvalue weighted by Crippen LogP contribution is 2.60. The highest BCUT2D eigenvalue weighted by Gasteiger charge is 2.54. The van der Waals surface area contributed by atoms with Crippen molar-refractivity contribution < 1.29 is 9.59 Å². The lowest BCUT2D eigenvalue weighted by Crippen LogP contribution is -2.53.